The summed E-state index contributed by atoms with van der Waals surface area (Å²) in [5, 5.41) is 2.98. The Morgan fingerprint density at radius 2 is 1.95 bits per heavy atom. The summed E-state index contributed by atoms with van der Waals surface area (Å²) in [6.45, 7) is 2.44. The third-order valence-electron chi connectivity index (χ3n) is 4.59. The van der Waals surface area contributed by atoms with Gasteiger partial charge in [0.2, 0.25) is 15.9 Å². The Morgan fingerprint density at radius 3 is 2.59 bits per heavy atom. The molecule has 1 aliphatic carbocycles. The predicted molar refractivity (Wildman–Crippen MR) is 87.5 cm³/mol. The molecule has 0 unspecified atom stereocenters. The van der Waals surface area contributed by atoms with E-state index >= 15 is 0 Å². The molecule has 0 radical (unpaired) electrons. The first-order valence-corrected chi connectivity index (χ1v) is 9.50. The van der Waals surface area contributed by atoms with Crippen molar-refractivity contribution >= 4 is 27.3 Å². The SMILES string of the molecule is Cc1ccc(N2CCCS2(=O)=O)cc1NC(=O)C1CCCC1. The van der Waals surface area contributed by atoms with Gasteiger partial charge >= 0.3 is 0 Å². The number of sulfonamides is 1. The molecule has 22 heavy (non-hydrogen) atoms. The lowest BCUT2D eigenvalue weighted by Gasteiger charge is -2.19. The maximum Gasteiger partial charge on any atom is 0.235 e. The average Bonchev–Trinajstić information content (AvgIpc) is 3.10. The second-order valence-corrected chi connectivity index (χ2v) is 8.22. The highest BCUT2D eigenvalue weighted by atomic mass is 32.2. The molecule has 1 N–H and O–H groups in total. The van der Waals surface area contributed by atoms with Crippen molar-refractivity contribution in [3.8, 4) is 0 Å². The Balaban J connectivity index is 1.82. The van der Waals surface area contributed by atoms with Crippen molar-refractivity contribution in [1.82, 2.24) is 0 Å². The topological polar surface area (TPSA) is 66.5 Å². The molecule has 2 fully saturated rings. The standard InChI is InChI=1S/C16H22N2O3S/c1-12-7-8-14(18-9-4-10-22(18,20)21)11-15(12)17-16(19)13-5-2-3-6-13/h7-8,11,13H,2-6,9-10H2,1H3,(H,17,19). The summed E-state index contributed by atoms with van der Waals surface area (Å²) in [5.41, 5.74) is 2.31. The summed E-state index contributed by atoms with van der Waals surface area (Å²) in [7, 11) is -3.19. The first-order valence-electron chi connectivity index (χ1n) is 7.89. The van der Waals surface area contributed by atoms with E-state index in [0.717, 1.165) is 36.9 Å². The van der Waals surface area contributed by atoms with Gasteiger partial charge in [0.25, 0.3) is 0 Å². The normalized spacial score (nSPS) is 21.2. The fraction of sp³-hybridized carbons (Fsp3) is 0.562. The van der Waals surface area contributed by atoms with E-state index in [4.69, 9.17) is 0 Å². The number of anilines is 2. The van der Waals surface area contributed by atoms with Crippen LogP contribution in [0.3, 0.4) is 0 Å². The van der Waals surface area contributed by atoms with E-state index in [9.17, 15) is 13.2 Å². The average molecular weight is 322 g/mol. The van der Waals surface area contributed by atoms with Crippen LogP contribution in [-0.4, -0.2) is 26.6 Å². The molecule has 1 amide bonds. The number of hydrogen-bond donors (Lipinski definition) is 1. The van der Waals surface area contributed by atoms with E-state index in [0.29, 0.717) is 18.7 Å². The number of amides is 1. The first kappa shape index (κ1) is 15.3. The van der Waals surface area contributed by atoms with Crippen LogP contribution in [-0.2, 0) is 14.8 Å². The third-order valence-corrected chi connectivity index (χ3v) is 6.46. The minimum atomic E-state index is -3.19. The van der Waals surface area contributed by atoms with Crippen molar-refractivity contribution in [3.05, 3.63) is 23.8 Å². The van der Waals surface area contributed by atoms with E-state index in [-0.39, 0.29) is 17.6 Å². The minimum Gasteiger partial charge on any atom is -0.326 e. The van der Waals surface area contributed by atoms with Crippen molar-refractivity contribution in [2.45, 2.75) is 39.0 Å². The van der Waals surface area contributed by atoms with Gasteiger partial charge in [-0.05, 0) is 43.9 Å². The van der Waals surface area contributed by atoms with Crippen molar-refractivity contribution in [2.24, 2.45) is 5.92 Å². The van der Waals surface area contributed by atoms with Gasteiger partial charge in [-0.2, -0.15) is 0 Å². The zero-order valence-electron chi connectivity index (χ0n) is 12.8. The molecular weight excluding hydrogens is 300 g/mol. The van der Waals surface area contributed by atoms with E-state index in [1.165, 1.54) is 4.31 Å². The second-order valence-electron chi connectivity index (χ2n) is 6.21. The quantitative estimate of drug-likeness (QED) is 0.930. The van der Waals surface area contributed by atoms with Crippen LogP contribution in [0.2, 0.25) is 0 Å². The van der Waals surface area contributed by atoms with Gasteiger partial charge in [-0.3, -0.25) is 9.10 Å². The Kier molecular flexibility index (Phi) is 4.12. The molecule has 0 bridgehead atoms. The number of carbonyl (C=O) groups is 1. The van der Waals surface area contributed by atoms with Crippen LogP contribution in [0.25, 0.3) is 0 Å². The maximum atomic E-state index is 12.3. The number of carbonyl (C=O) groups excluding carboxylic acids is 1. The fourth-order valence-electron chi connectivity index (χ4n) is 3.25. The Hall–Kier alpha value is -1.56. The Bertz CT molecular complexity index is 679. The molecule has 0 atom stereocenters. The van der Waals surface area contributed by atoms with Gasteiger partial charge < -0.3 is 5.32 Å². The largest absolute Gasteiger partial charge is 0.326 e. The van der Waals surface area contributed by atoms with Gasteiger partial charge in [-0.1, -0.05) is 18.9 Å². The molecule has 1 aromatic carbocycles. The third kappa shape index (κ3) is 2.97. The van der Waals surface area contributed by atoms with Crippen LogP contribution in [0.1, 0.15) is 37.7 Å². The molecule has 5 nitrogen and oxygen atoms in total. The number of benzene rings is 1. The minimum absolute atomic E-state index is 0.0574. The molecule has 1 saturated heterocycles. The number of nitrogens with zero attached hydrogens (tertiary/aromatic N) is 1. The molecular formula is C16H22N2O3S. The highest BCUT2D eigenvalue weighted by Gasteiger charge is 2.29. The van der Waals surface area contributed by atoms with Gasteiger partial charge in [-0.15, -0.1) is 0 Å². The van der Waals surface area contributed by atoms with Gasteiger partial charge in [0.15, 0.2) is 0 Å². The van der Waals surface area contributed by atoms with E-state index in [1.807, 2.05) is 19.1 Å². The molecule has 120 valence electrons. The summed E-state index contributed by atoms with van der Waals surface area (Å²) >= 11 is 0. The lowest BCUT2D eigenvalue weighted by atomic mass is 10.1. The number of rotatable bonds is 3. The van der Waals surface area contributed by atoms with Gasteiger partial charge in [0, 0.05) is 18.2 Å². The van der Waals surface area contributed by atoms with Crippen molar-refractivity contribution in [1.29, 1.82) is 0 Å². The molecule has 3 rings (SSSR count). The lowest BCUT2D eigenvalue weighted by Crippen LogP contribution is -2.25. The molecule has 1 heterocycles. The van der Waals surface area contributed by atoms with Crippen LogP contribution < -0.4 is 9.62 Å². The van der Waals surface area contributed by atoms with Crippen LogP contribution in [0.15, 0.2) is 18.2 Å². The van der Waals surface area contributed by atoms with Crippen LogP contribution >= 0.6 is 0 Å². The zero-order chi connectivity index (χ0) is 15.7. The van der Waals surface area contributed by atoms with Crippen molar-refractivity contribution in [2.75, 3.05) is 21.9 Å². The Labute approximate surface area is 131 Å². The number of nitrogens with one attached hydrogen (secondary N) is 1. The second kappa shape index (κ2) is 5.91. The fourth-order valence-corrected chi connectivity index (χ4v) is 4.81. The smallest absolute Gasteiger partial charge is 0.235 e. The molecule has 0 aromatic heterocycles. The van der Waals surface area contributed by atoms with Crippen molar-refractivity contribution < 1.29 is 13.2 Å². The molecule has 1 saturated carbocycles. The molecule has 2 aliphatic rings. The summed E-state index contributed by atoms with van der Waals surface area (Å²) in [6.07, 6.45) is 4.78. The lowest BCUT2D eigenvalue weighted by molar-refractivity contribution is -0.119. The molecule has 1 aromatic rings. The summed E-state index contributed by atoms with van der Waals surface area (Å²) in [6, 6.07) is 5.46. The van der Waals surface area contributed by atoms with E-state index in [2.05, 4.69) is 5.32 Å². The maximum absolute atomic E-state index is 12.3. The van der Waals surface area contributed by atoms with Crippen LogP contribution in [0, 0.1) is 12.8 Å². The van der Waals surface area contributed by atoms with Crippen LogP contribution in [0.5, 0.6) is 0 Å². The van der Waals surface area contributed by atoms with Gasteiger partial charge in [0.05, 0.1) is 11.4 Å². The summed E-state index contributed by atoms with van der Waals surface area (Å²) in [5.74, 6) is 0.352. The highest BCUT2D eigenvalue weighted by molar-refractivity contribution is 7.93. The number of aryl methyl sites for hydroxylation is 1. The predicted octanol–water partition coefficient (Wildman–Crippen LogP) is 2.66. The van der Waals surface area contributed by atoms with Crippen molar-refractivity contribution in [3.63, 3.8) is 0 Å². The monoisotopic (exact) mass is 322 g/mol. The highest BCUT2D eigenvalue weighted by Crippen LogP contribution is 2.30. The molecule has 1 aliphatic heterocycles. The Morgan fingerprint density at radius 1 is 1.23 bits per heavy atom. The first-order chi connectivity index (χ1) is 10.5. The van der Waals surface area contributed by atoms with E-state index < -0.39 is 10.0 Å². The van der Waals surface area contributed by atoms with Gasteiger partial charge in [0.1, 0.15) is 0 Å². The zero-order valence-corrected chi connectivity index (χ0v) is 13.7. The molecule has 0 spiro atoms. The molecule has 6 heteroatoms. The van der Waals surface area contributed by atoms with Crippen LogP contribution in [0.4, 0.5) is 11.4 Å². The van der Waals surface area contributed by atoms with E-state index in [1.54, 1.807) is 6.07 Å². The number of hydrogen-bond acceptors (Lipinski definition) is 3. The van der Waals surface area contributed by atoms with Gasteiger partial charge in [-0.25, -0.2) is 8.42 Å². The summed E-state index contributed by atoms with van der Waals surface area (Å²) < 4.78 is 25.5. The summed E-state index contributed by atoms with van der Waals surface area (Å²) in [4.78, 5) is 12.3.